The molecule has 6 nitrogen and oxygen atoms in total. The average Bonchev–Trinajstić information content (AvgIpc) is 2.98. The zero-order chi connectivity index (χ0) is 19.1. The van der Waals surface area contributed by atoms with Crippen molar-refractivity contribution in [3.8, 4) is 10.6 Å². The summed E-state index contributed by atoms with van der Waals surface area (Å²) in [6.45, 7) is 5.74. The van der Waals surface area contributed by atoms with E-state index in [1.54, 1.807) is 20.8 Å². The van der Waals surface area contributed by atoms with E-state index in [4.69, 9.17) is 4.74 Å². The number of carbonyl (C=O) groups excluding carboxylic acids is 2. The Morgan fingerprint density at radius 1 is 1.19 bits per heavy atom. The van der Waals surface area contributed by atoms with E-state index in [0.29, 0.717) is 17.1 Å². The molecule has 0 fully saturated rings. The molecule has 7 heteroatoms. The van der Waals surface area contributed by atoms with Gasteiger partial charge in [-0.25, -0.2) is 9.78 Å². The Morgan fingerprint density at radius 3 is 2.42 bits per heavy atom. The van der Waals surface area contributed by atoms with Gasteiger partial charge in [-0.3, -0.25) is 9.69 Å². The predicted molar refractivity (Wildman–Crippen MR) is 103 cm³/mol. The number of benzene rings is 1. The number of ketones is 1. The molecule has 0 spiro atoms. The van der Waals surface area contributed by atoms with Crippen molar-refractivity contribution in [2.45, 2.75) is 32.9 Å². The third-order valence-corrected chi connectivity index (χ3v) is 5.10. The van der Waals surface area contributed by atoms with Gasteiger partial charge in [-0.2, -0.15) is 0 Å². The van der Waals surface area contributed by atoms with Crippen LogP contribution in [0.3, 0.4) is 0 Å². The molecule has 0 atom stereocenters. The quantitative estimate of drug-likeness (QED) is 0.801. The number of hydrogen-bond acceptors (Lipinski definition) is 6. The summed E-state index contributed by atoms with van der Waals surface area (Å²) >= 11 is 1.38. The second-order valence-electron chi connectivity index (χ2n) is 7.50. The van der Waals surface area contributed by atoms with Gasteiger partial charge in [0.2, 0.25) is 0 Å². The summed E-state index contributed by atoms with van der Waals surface area (Å²) in [5.41, 5.74) is 2.11. The lowest BCUT2D eigenvalue weighted by Crippen LogP contribution is -2.42. The molecule has 1 aliphatic rings. The van der Waals surface area contributed by atoms with Crippen LogP contribution >= 0.6 is 11.3 Å². The van der Waals surface area contributed by atoms with Gasteiger partial charge in [-0.15, -0.1) is 11.3 Å². The third kappa shape index (κ3) is 3.88. The highest BCUT2D eigenvalue weighted by Gasteiger charge is 2.32. The highest BCUT2D eigenvalue weighted by Crippen LogP contribution is 2.32. The Balaban J connectivity index is 1.83. The molecule has 0 saturated heterocycles. The van der Waals surface area contributed by atoms with Crippen molar-refractivity contribution < 1.29 is 14.3 Å². The summed E-state index contributed by atoms with van der Waals surface area (Å²) in [5.74, 6) is -0.0919. The van der Waals surface area contributed by atoms with Gasteiger partial charge in [0, 0.05) is 25.3 Å². The van der Waals surface area contributed by atoms with Crippen molar-refractivity contribution in [2.24, 2.45) is 0 Å². The Hall–Kier alpha value is -2.41. The first-order valence-electron chi connectivity index (χ1n) is 8.42. The number of rotatable bonds is 2. The fourth-order valence-electron chi connectivity index (χ4n) is 2.64. The first-order chi connectivity index (χ1) is 12.1. The van der Waals surface area contributed by atoms with Gasteiger partial charge >= 0.3 is 6.09 Å². The van der Waals surface area contributed by atoms with Gasteiger partial charge in [0.05, 0.1) is 23.7 Å². The first kappa shape index (κ1) is 18.4. The van der Waals surface area contributed by atoms with Crippen molar-refractivity contribution in [1.29, 1.82) is 0 Å². The number of aromatic nitrogens is 1. The van der Waals surface area contributed by atoms with Gasteiger partial charge in [0.15, 0.2) is 5.78 Å². The Bertz CT molecular complexity index is 835. The van der Waals surface area contributed by atoms with Crippen LogP contribution in [0.5, 0.6) is 0 Å². The number of fused-ring (bicyclic) bond motifs is 1. The SMILES string of the molecule is CN(C)c1ccc(-c2nc3c(s2)C(=O)CN(C(=O)OC(C)(C)C)C3)cc1. The fourth-order valence-corrected chi connectivity index (χ4v) is 3.65. The molecule has 3 rings (SSSR count). The summed E-state index contributed by atoms with van der Waals surface area (Å²) in [6, 6.07) is 8.03. The molecule has 2 aromatic rings. The molecule has 1 aromatic heterocycles. The lowest BCUT2D eigenvalue weighted by atomic mass is 10.1. The molecular weight excluding hydrogens is 350 g/mol. The summed E-state index contributed by atoms with van der Waals surface area (Å²) in [5, 5.41) is 0.791. The minimum absolute atomic E-state index is 0.0309. The second kappa shape index (κ2) is 6.72. The molecular formula is C19H23N3O3S. The van der Waals surface area contributed by atoms with E-state index in [1.807, 2.05) is 43.3 Å². The van der Waals surface area contributed by atoms with Gasteiger partial charge in [-0.1, -0.05) is 0 Å². The zero-order valence-electron chi connectivity index (χ0n) is 15.7. The van der Waals surface area contributed by atoms with E-state index in [9.17, 15) is 9.59 Å². The zero-order valence-corrected chi connectivity index (χ0v) is 16.5. The molecule has 138 valence electrons. The number of nitrogens with zero attached hydrogens (tertiary/aromatic N) is 3. The normalized spacial score (nSPS) is 14.2. The lowest BCUT2D eigenvalue weighted by Gasteiger charge is -2.28. The van der Waals surface area contributed by atoms with Crippen LogP contribution in [-0.4, -0.2) is 48.0 Å². The van der Waals surface area contributed by atoms with E-state index in [1.165, 1.54) is 16.2 Å². The van der Waals surface area contributed by atoms with Crippen LogP contribution < -0.4 is 4.90 Å². The largest absolute Gasteiger partial charge is 0.444 e. The molecule has 0 saturated carbocycles. The smallest absolute Gasteiger partial charge is 0.411 e. The molecule has 0 unspecified atom stereocenters. The number of hydrogen-bond donors (Lipinski definition) is 0. The van der Waals surface area contributed by atoms with Gasteiger partial charge in [-0.05, 0) is 45.0 Å². The number of anilines is 1. The number of thiazole rings is 1. The van der Waals surface area contributed by atoms with Gasteiger partial charge < -0.3 is 9.64 Å². The number of Topliss-reactive ketones (excluding diaryl/α,β-unsaturated/α-hetero) is 1. The number of ether oxygens (including phenoxy) is 1. The third-order valence-electron chi connectivity index (χ3n) is 3.91. The van der Waals surface area contributed by atoms with Crippen LogP contribution in [-0.2, 0) is 11.3 Å². The highest BCUT2D eigenvalue weighted by atomic mass is 32.1. The number of amides is 1. The van der Waals surface area contributed by atoms with Crippen LogP contribution in [0.15, 0.2) is 24.3 Å². The first-order valence-corrected chi connectivity index (χ1v) is 9.24. The summed E-state index contributed by atoms with van der Waals surface area (Å²) in [4.78, 5) is 33.4. The molecule has 0 radical (unpaired) electrons. The van der Waals surface area contributed by atoms with Crippen LogP contribution in [0.2, 0.25) is 0 Å². The minimum atomic E-state index is -0.595. The molecule has 1 aromatic carbocycles. The standard InChI is InChI=1S/C19H23N3O3S/c1-19(2,3)25-18(24)22-10-14-16(15(23)11-22)26-17(20-14)12-6-8-13(9-7-12)21(4)5/h6-9H,10-11H2,1-5H3. The van der Waals surface area contributed by atoms with Crippen molar-refractivity contribution in [3.63, 3.8) is 0 Å². The molecule has 1 amide bonds. The summed E-state index contributed by atoms with van der Waals surface area (Å²) in [6.07, 6.45) is -0.485. The maximum Gasteiger partial charge on any atom is 0.411 e. The molecule has 1 aliphatic heterocycles. The summed E-state index contributed by atoms with van der Waals surface area (Å²) < 4.78 is 5.37. The lowest BCUT2D eigenvalue weighted by molar-refractivity contribution is 0.0219. The maximum atomic E-state index is 12.5. The van der Waals surface area contributed by atoms with E-state index in [-0.39, 0.29) is 12.3 Å². The molecule has 0 bridgehead atoms. The fraction of sp³-hybridized carbons (Fsp3) is 0.421. The van der Waals surface area contributed by atoms with Crippen LogP contribution in [0.25, 0.3) is 10.6 Å². The molecule has 2 heterocycles. The molecule has 0 N–H and O–H groups in total. The van der Waals surface area contributed by atoms with Crippen molar-refractivity contribution in [2.75, 3.05) is 25.5 Å². The van der Waals surface area contributed by atoms with E-state index in [2.05, 4.69) is 4.98 Å². The average molecular weight is 373 g/mol. The predicted octanol–water partition coefficient (Wildman–Crippen LogP) is 3.81. The van der Waals surface area contributed by atoms with Crippen LogP contribution in [0.4, 0.5) is 10.5 Å². The van der Waals surface area contributed by atoms with Crippen LogP contribution in [0.1, 0.15) is 36.1 Å². The van der Waals surface area contributed by atoms with Gasteiger partial charge in [0.1, 0.15) is 10.6 Å². The van der Waals surface area contributed by atoms with Crippen LogP contribution in [0, 0.1) is 0 Å². The highest BCUT2D eigenvalue weighted by molar-refractivity contribution is 7.17. The molecule has 26 heavy (non-hydrogen) atoms. The van der Waals surface area contributed by atoms with Crippen molar-refractivity contribution in [3.05, 3.63) is 34.8 Å². The molecule has 0 aliphatic carbocycles. The number of carbonyl (C=O) groups is 2. The maximum absolute atomic E-state index is 12.5. The van der Waals surface area contributed by atoms with E-state index >= 15 is 0 Å². The second-order valence-corrected chi connectivity index (χ2v) is 8.49. The van der Waals surface area contributed by atoms with Gasteiger partial charge in [0.25, 0.3) is 0 Å². The van der Waals surface area contributed by atoms with Crippen molar-refractivity contribution in [1.82, 2.24) is 9.88 Å². The summed E-state index contributed by atoms with van der Waals surface area (Å²) in [7, 11) is 3.97. The van der Waals surface area contributed by atoms with E-state index in [0.717, 1.165) is 16.3 Å². The Kier molecular flexibility index (Phi) is 4.75. The Morgan fingerprint density at radius 2 is 1.85 bits per heavy atom. The van der Waals surface area contributed by atoms with E-state index < -0.39 is 11.7 Å². The minimum Gasteiger partial charge on any atom is -0.444 e. The Labute approximate surface area is 157 Å². The topological polar surface area (TPSA) is 62.7 Å². The monoisotopic (exact) mass is 373 g/mol. The van der Waals surface area contributed by atoms with Crippen molar-refractivity contribution >= 4 is 28.9 Å².